The van der Waals surface area contributed by atoms with Crippen molar-refractivity contribution in [1.82, 2.24) is 0 Å². The molecule has 0 aliphatic rings. The average molecular weight is 421 g/mol. The lowest BCUT2D eigenvalue weighted by Crippen LogP contribution is -2.04. The number of nitrogens with one attached hydrogen (secondary N) is 1. The van der Waals surface area contributed by atoms with Gasteiger partial charge in [-0.1, -0.05) is 18.2 Å². The summed E-state index contributed by atoms with van der Waals surface area (Å²) in [7, 11) is 0. The normalized spacial score (nSPS) is 11.1. The topological polar surface area (TPSA) is 12.0 Å². The van der Waals surface area contributed by atoms with Crippen LogP contribution >= 0.6 is 31.9 Å². The van der Waals surface area contributed by atoms with Crippen molar-refractivity contribution in [2.75, 3.05) is 5.32 Å². The highest BCUT2D eigenvalue weighted by atomic mass is 79.9. The van der Waals surface area contributed by atoms with Gasteiger partial charge < -0.3 is 5.32 Å². The first-order valence-corrected chi connectivity index (χ1v) is 7.51. The first kappa shape index (κ1) is 16.1. The second-order valence-electron chi connectivity index (χ2n) is 4.22. The SMILES string of the molecule is FC(F)(F)c1ccc(Nc2ccccc2C=C(Br)Br)cc1. The van der Waals surface area contributed by atoms with Crippen molar-refractivity contribution in [1.29, 1.82) is 0 Å². The van der Waals surface area contributed by atoms with E-state index in [-0.39, 0.29) is 0 Å². The molecule has 0 aromatic heterocycles. The van der Waals surface area contributed by atoms with Gasteiger partial charge in [-0.15, -0.1) is 0 Å². The number of alkyl halides is 3. The van der Waals surface area contributed by atoms with Gasteiger partial charge in [0.25, 0.3) is 0 Å². The third-order valence-electron chi connectivity index (χ3n) is 2.72. The maximum atomic E-state index is 12.5. The van der Waals surface area contributed by atoms with Crippen LogP contribution in [0.3, 0.4) is 0 Å². The Bertz CT molecular complexity index is 645. The summed E-state index contributed by atoms with van der Waals surface area (Å²) in [5, 5.41) is 3.10. The molecule has 0 spiro atoms. The van der Waals surface area contributed by atoms with Crippen LogP contribution in [-0.2, 0) is 6.18 Å². The van der Waals surface area contributed by atoms with Crippen molar-refractivity contribution >= 4 is 49.3 Å². The van der Waals surface area contributed by atoms with Gasteiger partial charge in [0, 0.05) is 11.4 Å². The molecule has 2 aromatic rings. The minimum atomic E-state index is -4.32. The average Bonchev–Trinajstić information content (AvgIpc) is 2.40. The largest absolute Gasteiger partial charge is 0.416 e. The van der Waals surface area contributed by atoms with Crippen LogP contribution in [0.5, 0.6) is 0 Å². The molecule has 0 atom stereocenters. The van der Waals surface area contributed by atoms with Crippen LogP contribution in [0, 0.1) is 0 Å². The molecule has 110 valence electrons. The number of hydrogen-bond acceptors (Lipinski definition) is 1. The third kappa shape index (κ3) is 4.61. The lowest BCUT2D eigenvalue weighted by atomic mass is 10.1. The van der Waals surface area contributed by atoms with Crippen molar-refractivity contribution in [3.63, 3.8) is 0 Å². The molecule has 0 radical (unpaired) electrons. The maximum absolute atomic E-state index is 12.5. The second-order valence-corrected chi connectivity index (χ2v) is 6.99. The number of benzene rings is 2. The van der Waals surface area contributed by atoms with Gasteiger partial charge in [-0.05, 0) is 73.8 Å². The van der Waals surface area contributed by atoms with E-state index in [1.165, 1.54) is 12.1 Å². The molecule has 0 saturated carbocycles. The van der Waals surface area contributed by atoms with Crippen LogP contribution in [0.1, 0.15) is 11.1 Å². The highest BCUT2D eigenvalue weighted by Gasteiger charge is 2.29. The molecule has 2 aromatic carbocycles. The number of anilines is 2. The second kappa shape index (κ2) is 6.66. The van der Waals surface area contributed by atoms with E-state index in [9.17, 15) is 13.2 Å². The standard InChI is InChI=1S/C15H10Br2F3N/c16-14(17)9-10-3-1-2-4-13(10)21-12-7-5-11(6-8-12)15(18,19)20/h1-9,21H. The van der Waals surface area contributed by atoms with Crippen molar-refractivity contribution < 1.29 is 13.2 Å². The summed E-state index contributed by atoms with van der Waals surface area (Å²) in [6, 6.07) is 12.4. The van der Waals surface area contributed by atoms with Gasteiger partial charge in [-0.2, -0.15) is 13.2 Å². The summed E-state index contributed by atoms with van der Waals surface area (Å²) in [6.45, 7) is 0. The fraction of sp³-hybridized carbons (Fsp3) is 0.0667. The van der Waals surface area contributed by atoms with Crippen LogP contribution in [0.15, 0.2) is 51.9 Å². The van der Waals surface area contributed by atoms with Crippen molar-refractivity contribution in [2.45, 2.75) is 6.18 Å². The van der Waals surface area contributed by atoms with Crippen molar-refractivity contribution in [2.24, 2.45) is 0 Å². The molecule has 1 N–H and O–H groups in total. The van der Waals surface area contributed by atoms with E-state index in [2.05, 4.69) is 37.2 Å². The van der Waals surface area contributed by atoms with Crippen LogP contribution in [0.25, 0.3) is 6.08 Å². The minimum Gasteiger partial charge on any atom is -0.355 e. The summed E-state index contributed by atoms with van der Waals surface area (Å²) in [6.07, 6.45) is -2.47. The van der Waals surface area contributed by atoms with E-state index in [4.69, 9.17) is 0 Å². The molecule has 6 heteroatoms. The highest BCUT2D eigenvalue weighted by molar-refractivity contribution is 9.28. The zero-order valence-corrected chi connectivity index (χ0v) is 13.8. The maximum Gasteiger partial charge on any atom is 0.416 e. The van der Waals surface area contributed by atoms with E-state index < -0.39 is 11.7 Å². The molecule has 0 saturated heterocycles. The first-order chi connectivity index (χ1) is 9.86. The molecule has 2 rings (SSSR count). The van der Waals surface area contributed by atoms with Gasteiger partial charge in [0.05, 0.1) is 8.96 Å². The van der Waals surface area contributed by atoms with Gasteiger partial charge in [-0.3, -0.25) is 0 Å². The molecule has 0 fully saturated rings. The Morgan fingerprint density at radius 2 is 1.57 bits per heavy atom. The number of hydrogen-bond donors (Lipinski definition) is 1. The minimum absolute atomic E-state index is 0.592. The molecule has 21 heavy (non-hydrogen) atoms. The fourth-order valence-electron chi connectivity index (χ4n) is 1.75. The van der Waals surface area contributed by atoms with Crippen LogP contribution in [0.2, 0.25) is 0 Å². The van der Waals surface area contributed by atoms with Gasteiger partial charge in [0.15, 0.2) is 0 Å². The van der Waals surface area contributed by atoms with Crippen molar-refractivity contribution in [3.05, 3.63) is 63.0 Å². The summed E-state index contributed by atoms with van der Waals surface area (Å²) >= 11 is 6.57. The number of para-hydroxylation sites is 1. The first-order valence-electron chi connectivity index (χ1n) is 5.92. The quantitative estimate of drug-likeness (QED) is 0.594. The third-order valence-corrected chi connectivity index (χ3v) is 3.17. The summed E-state index contributed by atoms with van der Waals surface area (Å²) in [5.74, 6) is 0. The van der Waals surface area contributed by atoms with E-state index >= 15 is 0 Å². The van der Waals surface area contributed by atoms with Gasteiger partial charge >= 0.3 is 6.18 Å². The van der Waals surface area contributed by atoms with Crippen LogP contribution < -0.4 is 5.32 Å². The molecule has 0 unspecified atom stereocenters. The summed E-state index contributed by atoms with van der Waals surface area (Å²) in [4.78, 5) is 0. The van der Waals surface area contributed by atoms with Crippen LogP contribution in [0.4, 0.5) is 24.5 Å². The van der Waals surface area contributed by atoms with Gasteiger partial charge in [0.2, 0.25) is 0 Å². The number of rotatable bonds is 3. The predicted octanol–water partition coefficient (Wildman–Crippen LogP) is 6.54. The zero-order chi connectivity index (χ0) is 15.5. The zero-order valence-electron chi connectivity index (χ0n) is 10.6. The predicted molar refractivity (Wildman–Crippen MR) is 87.0 cm³/mol. The van der Waals surface area contributed by atoms with E-state index in [0.29, 0.717) is 5.69 Å². The highest BCUT2D eigenvalue weighted by Crippen LogP contribution is 2.31. The molecule has 0 bridgehead atoms. The Hall–Kier alpha value is -1.27. The Balaban J connectivity index is 2.25. The lowest BCUT2D eigenvalue weighted by Gasteiger charge is -2.11. The van der Waals surface area contributed by atoms with E-state index in [1.807, 2.05) is 30.3 Å². The van der Waals surface area contributed by atoms with Crippen LogP contribution in [-0.4, -0.2) is 0 Å². The smallest absolute Gasteiger partial charge is 0.355 e. The number of halogens is 5. The molecular weight excluding hydrogens is 411 g/mol. The molecule has 0 aliphatic carbocycles. The van der Waals surface area contributed by atoms with E-state index in [0.717, 1.165) is 26.8 Å². The molecule has 1 nitrogen and oxygen atoms in total. The summed E-state index contributed by atoms with van der Waals surface area (Å²) in [5.41, 5.74) is 1.63. The van der Waals surface area contributed by atoms with Gasteiger partial charge in [0.1, 0.15) is 0 Å². The fourth-order valence-corrected chi connectivity index (χ4v) is 2.25. The summed E-state index contributed by atoms with van der Waals surface area (Å²) < 4.78 is 38.3. The van der Waals surface area contributed by atoms with E-state index in [1.54, 1.807) is 0 Å². The molecule has 0 heterocycles. The Kier molecular flexibility index (Phi) is 5.11. The Labute approximate surface area is 137 Å². The van der Waals surface area contributed by atoms with Crippen molar-refractivity contribution in [3.8, 4) is 0 Å². The molecule has 0 amide bonds. The monoisotopic (exact) mass is 419 g/mol. The molecule has 0 aliphatic heterocycles. The Morgan fingerprint density at radius 1 is 0.952 bits per heavy atom. The Morgan fingerprint density at radius 3 is 2.14 bits per heavy atom. The lowest BCUT2D eigenvalue weighted by molar-refractivity contribution is -0.137. The van der Waals surface area contributed by atoms with Gasteiger partial charge in [-0.25, -0.2) is 0 Å². The molecular formula is C15H10Br2F3N.